The van der Waals surface area contributed by atoms with Crippen molar-refractivity contribution in [3.05, 3.63) is 94.0 Å². The number of thioether (sulfide) groups is 1. The summed E-state index contributed by atoms with van der Waals surface area (Å²) < 4.78 is 6.11. The zero-order valence-electron chi connectivity index (χ0n) is 19.3. The molecule has 5 rings (SSSR count). The van der Waals surface area contributed by atoms with Gasteiger partial charge in [-0.1, -0.05) is 67.3 Å². The topological polar surface area (TPSA) is 54.8 Å². The van der Waals surface area contributed by atoms with Gasteiger partial charge in [0.2, 0.25) is 0 Å². The molecule has 2 aliphatic rings. The molecule has 2 aromatic carbocycles. The van der Waals surface area contributed by atoms with E-state index < -0.39 is 0 Å². The number of halogens is 1. The Kier molecular flexibility index (Phi) is 7.50. The van der Waals surface area contributed by atoms with Crippen LogP contribution in [0.15, 0.2) is 82.8 Å². The van der Waals surface area contributed by atoms with E-state index in [2.05, 4.69) is 4.98 Å². The first-order valence-corrected chi connectivity index (χ1v) is 13.1. The third kappa shape index (κ3) is 5.77. The van der Waals surface area contributed by atoms with Gasteiger partial charge in [-0.05, 0) is 66.6 Å². The lowest BCUT2D eigenvalue weighted by Gasteiger charge is -2.30. The highest BCUT2D eigenvalue weighted by atomic mass is 35.5. The van der Waals surface area contributed by atoms with Gasteiger partial charge in [0, 0.05) is 22.8 Å². The van der Waals surface area contributed by atoms with Gasteiger partial charge in [-0.3, -0.25) is 9.69 Å². The number of carbonyl (C=O) groups excluding carboxylic acids is 1. The molecule has 35 heavy (non-hydrogen) atoms. The minimum Gasteiger partial charge on any atom is -0.488 e. The Morgan fingerprint density at radius 3 is 2.57 bits per heavy atom. The van der Waals surface area contributed by atoms with Crippen molar-refractivity contribution in [1.29, 1.82) is 0 Å². The van der Waals surface area contributed by atoms with Crippen molar-refractivity contribution >= 4 is 46.3 Å². The van der Waals surface area contributed by atoms with Crippen LogP contribution < -0.4 is 4.74 Å². The molecule has 0 radical (unpaired) electrons. The molecule has 0 bridgehead atoms. The van der Waals surface area contributed by atoms with E-state index in [1.165, 1.54) is 18.2 Å². The number of aliphatic imine (C=N–C) groups is 1. The summed E-state index contributed by atoms with van der Waals surface area (Å²) in [4.78, 5) is 25.2. The Balaban J connectivity index is 1.42. The molecule has 2 fully saturated rings. The monoisotopic (exact) mass is 503 g/mol. The third-order valence-corrected chi connectivity index (χ3v) is 7.38. The molecule has 0 N–H and O–H groups in total. The van der Waals surface area contributed by atoms with Gasteiger partial charge >= 0.3 is 0 Å². The highest BCUT2D eigenvalue weighted by Gasteiger charge is 2.38. The van der Waals surface area contributed by atoms with E-state index in [1.54, 1.807) is 6.20 Å². The first-order chi connectivity index (χ1) is 17.2. The fourth-order valence-electron chi connectivity index (χ4n) is 4.36. The van der Waals surface area contributed by atoms with Crippen molar-refractivity contribution < 1.29 is 9.53 Å². The van der Waals surface area contributed by atoms with Crippen LogP contribution in [0.4, 0.5) is 5.82 Å². The van der Waals surface area contributed by atoms with Gasteiger partial charge in [0.15, 0.2) is 11.0 Å². The number of hydrogen-bond acceptors (Lipinski definition) is 5. The summed E-state index contributed by atoms with van der Waals surface area (Å²) in [6.45, 7) is 0.416. The first-order valence-electron chi connectivity index (χ1n) is 11.9. The number of para-hydroxylation sites is 1. The minimum atomic E-state index is 0.00378. The van der Waals surface area contributed by atoms with E-state index in [4.69, 9.17) is 21.3 Å². The zero-order chi connectivity index (χ0) is 24.0. The Morgan fingerprint density at radius 2 is 1.80 bits per heavy atom. The van der Waals surface area contributed by atoms with Gasteiger partial charge in [0.25, 0.3) is 5.91 Å². The predicted octanol–water partition coefficient (Wildman–Crippen LogP) is 7.25. The second-order valence-corrected chi connectivity index (χ2v) is 10.1. The summed E-state index contributed by atoms with van der Waals surface area (Å²) in [5, 5.41) is 1.40. The number of pyridine rings is 1. The highest BCUT2D eigenvalue weighted by Crippen LogP contribution is 2.39. The molecule has 1 aliphatic heterocycles. The van der Waals surface area contributed by atoms with E-state index in [0.717, 1.165) is 42.6 Å². The number of hydrogen-bond donors (Lipinski definition) is 0. The fourth-order valence-corrected chi connectivity index (χ4v) is 5.52. The van der Waals surface area contributed by atoms with Crippen molar-refractivity contribution in [2.24, 2.45) is 4.99 Å². The second kappa shape index (κ2) is 11.1. The quantitative estimate of drug-likeness (QED) is 0.332. The zero-order valence-corrected chi connectivity index (χ0v) is 20.8. The van der Waals surface area contributed by atoms with Gasteiger partial charge in [0.1, 0.15) is 12.4 Å². The van der Waals surface area contributed by atoms with Crippen LogP contribution in [0, 0.1) is 0 Å². The molecule has 1 aromatic heterocycles. The second-order valence-electron chi connectivity index (χ2n) is 8.61. The highest BCUT2D eigenvalue weighted by molar-refractivity contribution is 8.18. The largest absolute Gasteiger partial charge is 0.488 e. The van der Waals surface area contributed by atoms with Crippen LogP contribution >= 0.6 is 23.4 Å². The number of amides is 1. The van der Waals surface area contributed by atoms with Crippen molar-refractivity contribution in [2.75, 3.05) is 0 Å². The lowest BCUT2D eigenvalue weighted by atomic mass is 9.94. The van der Waals surface area contributed by atoms with Crippen LogP contribution in [0.25, 0.3) is 6.08 Å². The molecule has 2 heterocycles. The van der Waals surface area contributed by atoms with Crippen LogP contribution in [0.2, 0.25) is 5.02 Å². The standard InChI is InChI=1S/C28H26ClN3O2S/c29-22-15-13-20(14-16-22)19-34-24-11-5-4-8-21(24)18-25-27(33)32(23-9-2-1-3-10-23)28(35-25)31-26-12-6-7-17-30-26/h4-8,11-18,23H,1-3,9-10,19H2/b25-18-,31-28+. The average molecular weight is 504 g/mol. The number of ether oxygens (including phenoxy) is 1. The smallest absolute Gasteiger partial charge is 0.267 e. The van der Waals surface area contributed by atoms with Crippen LogP contribution in [-0.2, 0) is 11.4 Å². The number of amidine groups is 1. The molecule has 1 aliphatic carbocycles. The predicted molar refractivity (Wildman–Crippen MR) is 143 cm³/mol. The maximum atomic E-state index is 13.6. The lowest BCUT2D eigenvalue weighted by molar-refractivity contribution is -0.124. The molecular weight excluding hydrogens is 478 g/mol. The van der Waals surface area contributed by atoms with Crippen molar-refractivity contribution in [3.8, 4) is 5.75 Å². The number of nitrogens with zero attached hydrogens (tertiary/aromatic N) is 3. The minimum absolute atomic E-state index is 0.00378. The number of carbonyl (C=O) groups is 1. The molecule has 5 nitrogen and oxygen atoms in total. The van der Waals surface area contributed by atoms with Gasteiger partial charge < -0.3 is 4.74 Å². The lowest BCUT2D eigenvalue weighted by Crippen LogP contribution is -2.40. The molecule has 178 valence electrons. The van der Waals surface area contributed by atoms with E-state index >= 15 is 0 Å². The van der Waals surface area contributed by atoms with E-state index in [1.807, 2.05) is 77.7 Å². The SMILES string of the molecule is O=C1/C(=C/c2ccccc2OCc2ccc(Cl)cc2)S/C(=N/c2ccccn2)N1C1CCCCC1. The van der Waals surface area contributed by atoms with Gasteiger partial charge in [0.05, 0.1) is 4.91 Å². The van der Waals surface area contributed by atoms with Crippen molar-refractivity contribution in [3.63, 3.8) is 0 Å². The summed E-state index contributed by atoms with van der Waals surface area (Å²) in [7, 11) is 0. The summed E-state index contributed by atoms with van der Waals surface area (Å²) >= 11 is 7.41. The maximum absolute atomic E-state index is 13.6. The normalized spacial score (nSPS) is 19.0. The van der Waals surface area contributed by atoms with E-state index in [-0.39, 0.29) is 11.9 Å². The number of rotatable bonds is 6. The maximum Gasteiger partial charge on any atom is 0.267 e. The Hall–Kier alpha value is -3.09. The fraction of sp³-hybridized carbons (Fsp3) is 0.250. The Labute approximate surface area is 214 Å². The summed E-state index contributed by atoms with van der Waals surface area (Å²) in [5.74, 6) is 1.34. The average Bonchev–Trinajstić information content (AvgIpc) is 3.19. The van der Waals surface area contributed by atoms with Crippen LogP contribution in [-0.4, -0.2) is 27.0 Å². The van der Waals surface area contributed by atoms with Crippen molar-refractivity contribution in [2.45, 2.75) is 44.8 Å². The van der Waals surface area contributed by atoms with E-state index in [9.17, 15) is 4.79 Å². The third-order valence-electron chi connectivity index (χ3n) is 6.15. The van der Waals surface area contributed by atoms with Crippen molar-refractivity contribution in [1.82, 2.24) is 9.88 Å². The molecule has 7 heteroatoms. The molecule has 1 amide bonds. The number of benzene rings is 2. The first kappa shape index (κ1) is 23.6. The summed E-state index contributed by atoms with van der Waals surface area (Å²) in [6, 6.07) is 21.2. The van der Waals surface area contributed by atoms with Crippen LogP contribution in [0.3, 0.4) is 0 Å². The summed E-state index contributed by atoms with van der Waals surface area (Å²) in [6.07, 6.45) is 9.13. The number of aromatic nitrogens is 1. The Morgan fingerprint density at radius 1 is 1.03 bits per heavy atom. The van der Waals surface area contributed by atoms with Crippen LogP contribution in [0.1, 0.15) is 43.2 Å². The van der Waals surface area contributed by atoms with Gasteiger partial charge in [-0.25, -0.2) is 9.98 Å². The van der Waals surface area contributed by atoms with Gasteiger partial charge in [-0.15, -0.1) is 0 Å². The molecule has 3 aromatic rings. The van der Waals surface area contributed by atoms with Crippen LogP contribution in [0.5, 0.6) is 5.75 Å². The molecule has 0 atom stereocenters. The molecule has 0 unspecified atom stereocenters. The summed E-state index contributed by atoms with van der Waals surface area (Å²) in [5.41, 5.74) is 1.89. The molecular formula is C28H26ClN3O2S. The Bertz CT molecular complexity index is 1240. The molecule has 1 saturated heterocycles. The molecule has 1 saturated carbocycles. The molecule has 0 spiro atoms. The van der Waals surface area contributed by atoms with Gasteiger partial charge in [-0.2, -0.15) is 0 Å². The van der Waals surface area contributed by atoms with E-state index in [0.29, 0.717) is 27.5 Å².